The van der Waals surface area contributed by atoms with Crippen LogP contribution >= 0.6 is 0 Å². The molecule has 0 saturated carbocycles. The van der Waals surface area contributed by atoms with E-state index in [1.807, 2.05) is 45.0 Å². The molecule has 1 heterocycles. The van der Waals surface area contributed by atoms with Crippen molar-refractivity contribution in [3.8, 4) is 11.5 Å². The Hall–Kier alpha value is -2.34. The van der Waals surface area contributed by atoms with Crippen molar-refractivity contribution in [1.29, 1.82) is 0 Å². The highest BCUT2D eigenvalue weighted by Crippen LogP contribution is 2.19. The molecular weight excluding hydrogens is 306 g/mol. The molecule has 0 radical (unpaired) electrons. The van der Waals surface area contributed by atoms with E-state index in [2.05, 4.69) is 10.3 Å². The molecule has 1 unspecified atom stereocenters. The number of amides is 2. The Bertz CT molecular complexity index is 662. The van der Waals surface area contributed by atoms with Crippen molar-refractivity contribution >= 4 is 6.03 Å². The molecule has 24 heavy (non-hydrogen) atoms. The van der Waals surface area contributed by atoms with Gasteiger partial charge < -0.3 is 19.7 Å². The van der Waals surface area contributed by atoms with Gasteiger partial charge in [-0.05, 0) is 39.8 Å². The number of nitrogens with one attached hydrogen (secondary N) is 1. The third-order valence-electron chi connectivity index (χ3n) is 3.62. The zero-order valence-electron chi connectivity index (χ0n) is 14.6. The van der Waals surface area contributed by atoms with Gasteiger partial charge in [0.1, 0.15) is 6.26 Å². The molecule has 130 valence electrons. The van der Waals surface area contributed by atoms with E-state index in [0.717, 1.165) is 5.56 Å². The lowest BCUT2D eigenvalue weighted by molar-refractivity contribution is 0.118. The van der Waals surface area contributed by atoms with E-state index in [0.29, 0.717) is 11.6 Å². The normalized spacial score (nSPS) is 12.2. The summed E-state index contributed by atoms with van der Waals surface area (Å²) in [6.07, 6.45) is 0.975. The summed E-state index contributed by atoms with van der Waals surface area (Å²) in [5, 5.41) is 12.3. The van der Waals surface area contributed by atoms with E-state index in [-0.39, 0.29) is 25.2 Å². The van der Waals surface area contributed by atoms with Crippen molar-refractivity contribution in [3.05, 3.63) is 41.8 Å². The van der Waals surface area contributed by atoms with Crippen LogP contribution in [0.3, 0.4) is 0 Å². The van der Waals surface area contributed by atoms with E-state index in [1.165, 1.54) is 5.56 Å². The number of aryl methyl sites for hydroxylation is 1. The molecule has 2 aromatic rings. The van der Waals surface area contributed by atoms with Crippen molar-refractivity contribution in [1.82, 2.24) is 15.2 Å². The summed E-state index contributed by atoms with van der Waals surface area (Å²) in [6.45, 7) is 8.07. The highest BCUT2D eigenvalue weighted by atomic mass is 16.3. The Morgan fingerprint density at radius 2 is 1.96 bits per heavy atom. The van der Waals surface area contributed by atoms with Crippen LogP contribution in [0, 0.1) is 6.92 Å². The van der Waals surface area contributed by atoms with Crippen LogP contribution in [0.1, 0.15) is 32.0 Å². The predicted octanol–water partition coefficient (Wildman–Crippen LogP) is 2.95. The van der Waals surface area contributed by atoms with E-state index < -0.39 is 6.10 Å². The number of hydrogen-bond donors (Lipinski definition) is 2. The van der Waals surface area contributed by atoms with E-state index >= 15 is 0 Å². The lowest BCUT2D eigenvalue weighted by atomic mass is 10.1. The molecule has 2 rings (SSSR count). The van der Waals surface area contributed by atoms with Crippen LogP contribution < -0.4 is 5.32 Å². The number of carbonyl (C=O) groups is 1. The molecule has 0 spiro atoms. The topological polar surface area (TPSA) is 78.6 Å². The fourth-order valence-electron chi connectivity index (χ4n) is 2.30. The Kier molecular flexibility index (Phi) is 5.98. The van der Waals surface area contributed by atoms with Gasteiger partial charge in [-0.2, -0.15) is 0 Å². The lowest BCUT2D eigenvalue weighted by Crippen LogP contribution is -2.46. The molecule has 6 nitrogen and oxygen atoms in total. The van der Waals surface area contributed by atoms with E-state index in [4.69, 9.17) is 4.42 Å². The molecule has 0 bridgehead atoms. The smallest absolute Gasteiger partial charge is 0.318 e. The first-order chi connectivity index (χ1) is 11.4. The summed E-state index contributed by atoms with van der Waals surface area (Å²) in [5.74, 6) is 0.531. The number of nitrogens with zero attached hydrogens (tertiary/aromatic N) is 2. The number of carbonyl (C=O) groups excluding carboxylic acids is 1. The molecule has 0 aliphatic heterocycles. The molecular formula is C18H25N3O3. The molecule has 1 aromatic carbocycles. The summed E-state index contributed by atoms with van der Waals surface area (Å²) in [7, 11) is 0. The number of hydrogen-bond acceptors (Lipinski definition) is 4. The van der Waals surface area contributed by atoms with Gasteiger partial charge in [0, 0.05) is 18.2 Å². The average Bonchev–Trinajstić information content (AvgIpc) is 2.99. The largest absolute Gasteiger partial charge is 0.444 e. The van der Waals surface area contributed by atoms with Crippen LogP contribution in [0.2, 0.25) is 0 Å². The second kappa shape index (κ2) is 7.97. The molecule has 0 aliphatic rings. The van der Waals surface area contributed by atoms with Crippen molar-refractivity contribution in [3.63, 3.8) is 0 Å². The third-order valence-corrected chi connectivity index (χ3v) is 3.62. The lowest BCUT2D eigenvalue weighted by Gasteiger charge is -2.27. The van der Waals surface area contributed by atoms with Gasteiger partial charge in [-0.15, -0.1) is 0 Å². The number of aliphatic hydroxyl groups excluding tert-OH is 1. The summed E-state index contributed by atoms with van der Waals surface area (Å²) in [4.78, 5) is 18.2. The number of aromatic nitrogens is 1. The Morgan fingerprint density at radius 3 is 2.54 bits per heavy atom. The standard InChI is InChI=1S/C18H25N3O3/c1-12(2)21(10-14(4)22)18(23)19-9-16-11-24-17(20-16)15-7-5-13(3)6-8-15/h5-8,11-12,14,22H,9-10H2,1-4H3,(H,19,23). The highest BCUT2D eigenvalue weighted by Gasteiger charge is 2.18. The van der Waals surface area contributed by atoms with Gasteiger partial charge >= 0.3 is 6.03 Å². The van der Waals surface area contributed by atoms with Gasteiger partial charge in [0.25, 0.3) is 0 Å². The van der Waals surface area contributed by atoms with Gasteiger partial charge in [-0.25, -0.2) is 9.78 Å². The van der Waals surface area contributed by atoms with Crippen LogP contribution in [-0.4, -0.2) is 39.7 Å². The fraction of sp³-hybridized carbons (Fsp3) is 0.444. The maximum absolute atomic E-state index is 12.3. The van der Waals surface area contributed by atoms with Crippen molar-refractivity contribution in [2.75, 3.05) is 6.54 Å². The van der Waals surface area contributed by atoms with E-state index in [1.54, 1.807) is 18.1 Å². The van der Waals surface area contributed by atoms with Crippen LogP contribution in [-0.2, 0) is 6.54 Å². The van der Waals surface area contributed by atoms with Crippen molar-refractivity contribution in [2.45, 2.75) is 46.4 Å². The highest BCUT2D eigenvalue weighted by molar-refractivity contribution is 5.74. The molecule has 1 aromatic heterocycles. The van der Waals surface area contributed by atoms with Gasteiger partial charge in [-0.3, -0.25) is 0 Å². The van der Waals surface area contributed by atoms with Crippen LogP contribution in [0.15, 0.2) is 34.9 Å². The van der Waals surface area contributed by atoms with Gasteiger partial charge in [0.2, 0.25) is 5.89 Å². The van der Waals surface area contributed by atoms with Gasteiger partial charge in [0.15, 0.2) is 0 Å². The fourth-order valence-corrected chi connectivity index (χ4v) is 2.30. The van der Waals surface area contributed by atoms with Crippen LogP contribution in [0.5, 0.6) is 0 Å². The molecule has 0 aliphatic carbocycles. The van der Waals surface area contributed by atoms with E-state index in [9.17, 15) is 9.90 Å². The number of oxazole rings is 1. The quantitative estimate of drug-likeness (QED) is 0.853. The van der Waals surface area contributed by atoms with Crippen LogP contribution in [0.4, 0.5) is 4.79 Å². The Balaban J connectivity index is 1.97. The molecule has 0 fully saturated rings. The number of rotatable bonds is 6. The summed E-state index contributed by atoms with van der Waals surface area (Å²) in [6, 6.07) is 7.67. The zero-order valence-corrected chi connectivity index (χ0v) is 14.6. The molecule has 0 saturated heterocycles. The Labute approximate surface area is 142 Å². The number of benzene rings is 1. The predicted molar refractivity (Wildman–Crippen MR) is 92.4 cm³/mol. The molecule has 2 amide bonds. The minimum atomic E-state index is -0.571. The summed E-state index contributed by atoms with van der Waals surface area (Å²) >= 11 is 0. The second-order valence-electron chi connectivity index (χ2n) is 6.26. The monoisotopic (exact) mass is 331 g/mol. The van der Waals surface area contributed by atoms with Gasteiger partial charge in [-0.1, -0.05) is 17.7 Å². The summed E-state index contributed by atoms with van der Waals surface area (Å²) < 4.78 is 5.48. The first kappa shape index (κ1) is 18.0. The second-order valence-corrected chi connectivity index (χ2v) is 6.26. The third kappa shape index (κ3) is 4.83. The Morgan fingerprint density at radius 1 is 1.29 bits per heavy atom. The average molecular weight is 331 g/mol. The van der Waals surface area contributed by atoms with Crippen LogP contribution in [0.25, 0.3) is 11.5 Å². The zero-order chi connectivity index (χ0) is 17.7. The summed E-state index contributed by atoms with van der Waals surface area (Å²) in [5.41, 5.74) is 2.72. The molecule has 2 N–H and O–H groups in total. The number of aliphatic hydroxyl groups is 1. The maximum Gasteiger partial charge on any atom is 0.318 e. The maximum atomic E-state index is 12.3. The van der Waals surface area contributed by atoms with Crippen molar-refractivity contribution < 1.29 is 14.3 Å². The first-order valence-electron chi connectivity index (χ1n) is 8.10. The SMILES string of the molecule is Cc1ccc(-c2nc(CNC(=O)N(CC(C)O)C(C)C)co2)cc1. The number of urea groups is 1. The minimum absolute atomic E-state index is 0.0000262. The van der Waals surface area contributed by atoms with Gasteiger partial charge in [0.05, 0.1) is 18.3 Å². The first-order valence-corrected chi connectivity index (χ1v) is 8.10. The minimum Gasteiger partial charge on any atom is -0.444 e. The molecule has 6 heteroatoms. The van der Waals surface area contributed by atoms with Crippen molar-refractivity contribution in [2.24, 2.45) is 0 Å². The molecule has 1 atom stereocenters.